The number of rotatable bonds is 7. The van der Waals surface area contributed by atoms with Crippen LogP contribution in [0, 0.1) is 0 Å². The van der Waals surface area contributed by atoms with Crippen LogP contribution in [0.2, 0.25) is 0 Å². The van der Waals surface area contributed by atoms with Gasteiger partial charge in [-0.3, -0.25) is 0 Å². The molecule has 0 saturated heterocycles. The molecular weight excluding hydrogens is 667 g/mol. The third kappa shape index (κ3) is 4.91. The smallest absolute Gasteiger partial charge is 0.0548 e. The normalized spacial score (nSPS) is 11.6. The zero-order valence-electron chi connectivity index (χ0n) is 30.0. The lowest BCUT2D eigenvalue weighted by Crippen LogP contribution is -2.11. The molecule has 11 rings (SSSR count). The van der Waals surface area contributed by atoms with E-state index in [4.69, 9.17) is 0 Å². The van der Waals surface area contributed by atoms with Crippen molar-refractivity contribution in [2.24, 2.45) is 0 Å². The largest absolute Gasteiger partial charge is 0.309 e. The highest BCUT2D eigenvalue weighted by atomic mass is 15.2. The van der Waals surface area contributed by atoms with E-state index in [0.717, 1.165) is 39.8 Å². The van der Waals surface area contributed by atoms with Crippen LogP contribution >= 0.6 is 0 Å². The van der Waals surface area contributed by atoms with Gasteiger partial charge in [-0.25, -0.2) is 0 Å². The number of fused-ring (bicyclic) bond motifs is 2. The highest BCUT2D eigenvalue weighted by Crippen LogP contribution is 2.50. The van der Waals surface area contributed by atoms with E-state index in [-0.39, 0.29) is 0 Å². The Morgan fingerprint density at radius 2 is 0.655 bits per heavy atom. The molecule has 10 aromatic carbocycles. The average Bonchev–Trinajstić information content (AvgIpc) is 3.60. The summed E-state index contributed by atoms with van der Waals surface area (Å²) in [7, 11) is 0. The number of nitrogens with zero attached hydrogens (tertiary/aromatic N) is 3. The van der Waals surface area contributed by atoms with Gasteiger partial charge in [-0.05, 0) is 83.6 Å². The molecule has 0 aliphatic carbocycles. The molecule has 0 amide bonds. The molecule has 0 fully saturated rings. The van der Waals surface area contributed by atoms with Crippen molar-refractivity contribution >= 4 is 88.2 Å². The first kappa shape index (κ1) is 31.2. The second-order valence-corrected chi connectivity index (χ2v) is 14.1. The van der Waals surface area contributed by atoms with Crippen LogP contribution in [0.1, 0.15) is 0 Å². The summed E-state index contributed by atoms with van der Waals surface area (Å²) in [6, 6.07) is 76.9. The molecule has 0 N–H and O–H groups in total. The summed E-state index contributed by atoms with van der Waals surface area (Å²) in [6.45, 7) is 0. The van der Waals surface area contributed by atoms with Crippen LogP contribution in [0.5, 0.6) is 0 Å². The summed E-state index contributed by atoms with van der Waals surface area (Å²) < 4.78 is 2.44. The molecular formula is C52H35N3. The standard InChI is InChI=1S/C52H35N3/c1-4-20-38(21-5-1)53(45-28-14-18-36-16-10-12-26-41(36)45)47-32-34-49-51-43(47)30-31-44-48(33-35-50(52(44)51)55(49)40-24-8-3-9-25-40)54(39-22-6-2-7-23-39)46-29-15-19-37-17-11-13-27-42(37)46/h1-35H. The van der Waals surface area contributed by atoms with Gasteiger partial charge in [0, 0.05) is 49.4 Å². The minimum atomic E-state index is 1.12. The molecule has 3 heteroatoms. The lowest BCUT2D eigenvalue weighted by molar-refractivity contribution is 1.18. The van der Waals surface area contributed by atoms with Crippen molar-refractivity contribution in [2.75, 3.05) is 9.80 Å². The van der Waals surface area contributed by atoms with Crippen molar-refractivity contribution in [1.82, 2.24) is 4.57 Å². The van der Waals surface area contributed by atoms with Gasteiger partial charge in [-0.15, -0.1) is 0 Å². The monoisotopic (exact) mass is 701 g/mol. The van der Waals surface area contributed by atoms with Gasteiger partial charge in [0.15, 0.2) is 0 Å². The lowest BCUT2D eigenvalue weighted by Gasteiger charge is -2.29. The first-order valence-corrected chi connectivity index (χ1v) is 18.9. The Balaban J connectivity index is 1.25. The molecule has 0 saturated carbocycles. The highest BCUT2D eigenvalue weighted by Gasteiger charge is 2.26. The number of anilines is 6. The summed E-state index contributed by atoms with van der Waals surface area (Å²) in [6.07, 6.45) is 0. The van der Waals surface area contributed by atoms with E-state index >= 15 is 0 Å². The first-order chi connectivity index (χ1) is 27.3. The summed E-state index contributed by atoms with van der Waals surface area (Å²) in [5.74, 6) is 0. The van der Waals surface area contributed by atoms with Crippen LogP contribution in [0.4, 0.5) is 34.1 Å². The van der Waals surface area contributed by atoms with Gasteiger partial charge in [-0.2, -0.15) is 0 Å². The molecule has 258 valence electrons. The highest BCUT2D eigenvalue weighted by molar-refractivity contribution is 6.29. The predicted molar refractivity (Wildman–Crippen MR) is 234 cm³/mol. The van der Waals surface area contributed by atoms with Crippen molar-refractivity contribution in [3.8, 4) is 5.69 Å². The van der Waals surface area contributed by atoms with Gasteiger partial charge in [-0.1, -0.05) is 140 Å². The molecule has 3 nitrogen and oxygen atoms in total. The van der Waals surface area contributed by atoms with Crippen LogP contribution in [-0.4, -0.2) is 4.57 Å². The van der Waals surface area contributed by atoms with E-state index in [0.29, 0.717) is 0 Å². The van der Waals surface area contributed by atoms with Crippen LogP contribution in [0.3, 0.4) is 0 Å². The molecule has 55 heavy (non-hydrogen) atoms. The van der Waals surface area contributed by atoms with Gasteiger partial charge in [0.2, 0.25) is 0 Å². The van der Waals surface area contributed by atoms with Gasteiger partial charge >= 0.3 is 0 Å². The molecule has 0 spiro atoms. The fourth-order valence-electron chi connectivity index (χ4n) is 8.75. The Morgan fingerprint density at radius 3 is 1.13 bits per heavy atom. The SMILES string of the molecule is c1ccc(N(c2cccc3ccccc23)c2ccc3c4c2ccc2c(N(c5ccccc5)c5cccc6ccccc56)ccc(c24)n3-c2ccccc2)cc1. The summed E-state index contributed by atoms with van der Waals surface area (Å²) in [5, 5.41) is 9.77. The van der Waals surface area contributed by atoms with Gasteiger partial charge in [0.1, 0.15) is 0 Å². The third-order valence-electron chi connectivity index (χ3n) is 11.1. The van der Waals surface area contributed by atoms with Crippen molar-refractivity contribution in [3.05, 3.63) is 212 Å². The van der Waals surface area contributed by atoms with Crippen molar-refractivity contribution in [1.29, 1.82) is 0 Å². The minimum Gasteiger partial charge on any atom is -0.309 e. The van der Waals surface area contributed by atoms with E-state index in [9.17, 15) is 0 Å². The van der Waals surface area contributed by atoms with Crippen LogP contribution < -0.4 is 9.80 Å². The molecule has 0 aliphatic heterocycles. The fraction of sp³-hybridized carbons (Fsp3) is 0. The van der Waals surface area contributed by atoms with E-state index in [2.05, 4.69) is 227 Å². The topological polar surface area (TPSA) is 11.4 Å². The number of hydrogen-bond donors (Lipinski definition) is 0. The predicted octanol–water partition coefficient (Wildman–Crippen LogP) is 14.6. The lowest BCUT2D eigenvalue weighted by atomic mass is 9.97. The molecule has 0 aliphatic rings. The van der Waals surface area contributed by atoms with Gasteiger partial charge in [0.25, 0.3) is 0 Å². The molecule has 1 heterocycles. The van der Waals surface area contributed by atoms with Gasteiger partial charge < -0.3 is 14.4 Å². The van der Waals surface area contributed by atoms with Gasteiger partial charge in [0.05, 0.1) is 33.8 Å². The van der Waals surface area contributed by atoms with E-state index in [1.54, 1.807) is 0 Å². The van der Waals surface area contributed by atoms with E-state index in [1.165, 1.54) is 54.1 Å². The molecule has 1 aromatic heterocycles. The zero-order valence-corrected chi connectivity index (χ0v) is 30.0. The fourth-order valence-corrected chi connectivity index (χ4v) is 8.75. The van der Waals surface area contributed by atoms with E-state index in [1.807, 2.05) is 0 Å². The van der Waals surface area contributed by atoms with Crippen molar-refractivity contribution < 1.29 is 0 Å². The van der Waals surface area contributed by atoms with Crippen molar-refractivity contribution in [2.45, 2.75) is 0 Å². The van der Waals surface area contributed by atoms with Crippen molar-refractivity contribution in [3.63, 3.8) is 0 Å². The Kier molecular flexibility index (Phi) is 7.17. The molecule has 0 radical (unpaired) electrons. The summed E-state index contributed by atoms with van der Waals surface area (Å²) >= 11 is 0. The molecule has 11 aromatic rings. The molecule has 0 unspecified atom stereocenters. The summed E-state index contributed by atoms with van der Waals surface area (Å²) in [4.78, 5) is 4.88. The Bertz CT molecular complexity index is 2940. The maximum atomic E-state index is 2.44. The molecule has 0 atom stereocenters. The Labute approximate surface area is 319 Å². The maximum absolute atomic E-state index is 2.44. The molecule has 0 bridgehead atoms. The zero-order chi connectivity index (χ0) is 36.3. The second-order valence-electron chi connectivity index (χ2n) is 14.1. The van der Waals surface area contributed by atoms with Crippen LogP contribution in [0.25, 0.3) is 59.8 Å². The number of benzene rings is 10. The quantitative estimate of drug-likeness (QED) is 0.153. The third-order valence-corrected chi connectivity index (χ3v) is 11.1. The number of aromatic nitrogens is 1. The van der Waals surface area contributed by atoms with E-state index < -0.39 is 0 Å². The summed E-state index contributed by atoms with van der Waals surface area (Å²) in [5.41, 5.74) is 10.3. The second kappa shape index (κ2) is 12.6. The van der Waals surface area contributed by atoms with Crippen LogP contribution in [-0.2, 0) is 0 Å². The number of para-hydroxylation sites is 3. The maximum Gasteiger partial charge on any atom is 0.0548 e. The first-order valence-electron chi connectivity index (χ1n) is 18.9. The Hall–Kier alpha value is -7.36. The number of hydrogen-bond acceptors (Lipinski definition) is 2. The minimum absolute atomic E-state index is 1.12. The Morgan fingerprint density at radius 1 is 0.273 bits per heavy atom. The average molecular weight is 702 g/mol. The van der Waals surface area contributed by atoms with Crippen LogP contribution in [0.15, 0.2) is 212 Å².